The van der Waals surface area contributed by atoms with Crippen molar-refractivity contribution in [1.82, 2.24) is 15.7 Å². The largest absolute Gasteiger partial charge is 0.478 e. The molecule has 2 aromatic rings. The highest BCUT2D eigenvalue weighted by atomic mass is 19.1. The molecule has 0 saturated carbocycles. The minimum Gasteiger partial charge on any atom is -0.478 e. The number of furan rings is 1. The molecule has 10 nitrogen and oxygen atoms in total. The molecule has 0 aliphatic rings. The number of benzene rings is 1. The summed E-state index contributed by atoms with van der Waals surface area (Å²) in [5.74, 6) is -4.39. The van der Waals surface area contributed by atoms with Crippen molar-refractivity contribution in [1.29, 1.82) is 0 Å². The Morgan fingerprint density at radius 3 is 2.61 bits per heavy atom. The maximum absolute atomic E-state index is 14.4. The second-order valence-electron chi connectivity index (χ2n) is 7.28. The minimum absolute atomic E-state index is 0.0299. The molecule has 0 fully saturated rings. The van der Waals surface area contributed by atoms with Crippen molar-refractivity contribution in [3.8, 4) is 11.3 Å². The van der Waals surface area contributed by atoms with Crippen LogP contribution in [0.2, 0.25) is 0 Å². The van der Waals surface area contributed by atoms with Gasteiger partial charge in [-0.05, 0) is 30.7 Å². The minimum atomic E-state index is -1.43. The smallest absolute Gasteiger partial charge is 0.338 e. The normalized spacial score (nSPS) is 11.5. The predicted molar refractivity (Wildman–Crippen MR) is 114 cm³/mol. The second kappa shape index (κ2) is 12.3. The van der Waals surface area contributed by atoms with Crippen molar-refractivity contribution in [3.63, 3.8) is 0 Å². The van der Waals surface area contributed by atoms with Crippen LogP contribution >= 0.6 is 0 Å². The van der Waals surface area contributed by atoms with Gasteiger partial charge >= 0.3 is 5.97 Å². The third-order valence-corrected chi connectivity index (χ3v) is 4.89. The number of rotatable bonds is 13. The molecule has 1 atom stereocenters. The monoisotopic (exact) mass is 463 g/mol. The van der Waals surface area contributed by atoms with E-state index in [1.54, 1.807) is 0 Å². The summed E-state index contributed by atoms with van der Waals surface area (Å²) in [6, 6.07) is 6.41. The number of hydrogen-bond acceptors (Lipinski definition) is 6. The van der Waals surface area contributed by atoms with E-state index in [2.05, 4.69) is 10.6 Å². The summed E-state index contributed by atoms with van der Waals surface area (Å²) < 4.78 is 19.7. The fourth-order valence-electron chi connectivity index (χ4n) is 3.15. The SMILES string of the molecule is CCCCC[C@H](CN(O)C=O)C(=O)NCNC(=O)c1ccc(-c2cccc(C(=O)O)c2F)o1. The highest BCUT2D eigenvalue weighted by Crippen LogP contribution is 2.27. The molecule has 0 radical (unpaired) electrons. The molecule has 2 rings (SSSR count). The van der Waals surface area contributed by atoms with Gasteiger partial charge < -0.3 is 20.2 Å². The zero-order valence-corrected chi connectivity index (χ0v) is 18.0. The Balaban J connectivity index is 1.96. The molecule has 1 aromatic heterocycles. The van der Waals surface area contributed by atoms with Gasteiger partial charge in [-0.1, -0.05) is 32.3 Å². The summed E-state index contributed by atoms with van der Waals surface area (Å²) in [5, 5.41) is 23.8. The quantitative estimate of drug-likeness (QED) is 0.117. The Bertz CT molecular complexity index is 992. The first-order chi connectivity index (χ1) is 15.8. The number of nitrogens with one attached hydrogen (secondary N) is 2. The highest BCUT2D eigenvalue weighted by Gasteiger charge is 2.21. The maximum atomic E-state index is 14.4. The second-order valence-corrected chi connectivity index (χ2v) is 7.28. The molecule has 4 N–H and O–H groups in total. The summed E-state index contributed by atoms with van der Waals surface area (Å²) in [6.07, 6.45) is 3.25. The molecule has 0 bridgehead atoms. The Labute approximate surface area is 189 Å². The Morgan fingerprint density at radius 1 is 1.18 bits per heavy atom. The first-order valence-electron chi connectivity index (χ1n) is 10.4. The average Bonchev–Trinajstić information content (AvgIpc) is 3.28. The van der Waals surface area contributed by atoms with Crippen molar-refractivity contribution in [2.45, 2.75) is 32.6 Å². The van der Waals surface area contributed by atoms with Gasteiger partial charge in [-0.25, -0.2) is 14.2 Å². The molecule has 0 aliphatic heterocycles. The lowest BCUT2D eigenvalue weighted by atomic mass is 10.0. The molecule has 0 saturated heterocycles. The van der Waals surface area contributed by atoms with Crippen LogP contribution in [0.4, 0.5) is 4.39 Å². The van der Waals surface area contributed by atoms with Crippen LogP contribution in [0.25, 0.3) is 11.3 Å². The fourth-order valence-corrected chi connectivity index (χ4v) is 3.15. The average molecular weight is 463 g/mol. The molecule has 33 heavy (non-hydrogen) atoms. The van der Waals surface area contributed by atoms with Crippen molar-refractivity contribution >= 4 is 24.2 Å². The van der Waals surface area contributed by atoms with Crippen LogP contribution in [-0.4, -0.2) is 52.8 Å². The standard InChI is InChI=1S/C22H26FN3O7/c1-2-3-4-6-14(11-26(32)13-27)20(28)24-12-25-21(29)18-10-9-17(33-18)15-7-5-8-16(19(15)23)22(30)31/h5,7-10,13-14,32H,2-4,6,11-12H2,1H3,(H,24,28)(H,25,29)(H,30,31)/t14-/m1/s1. The number of hydroxylamine groups is 2. The first-order valence-corrected chi connectivity index (χ1v) is 10.4. The van der Waals surface area contributed by atoms with Crippen LogP contribution in [0.1, 0.15) is 53.5 Å². The number of halogens is 1. The summed E-state index contributed by atoms with van der Waals surface area (Å²) in [6.45, 7) is 1.59. The summed E-state index contributed by atoms with van der Waals surface area (Å²) >= 11 is 0. The maximum Gasteiger partial charge on any atom is 0.338 e. The van der Waals surface area contributed by atoms with Gasteiger partial charge in [0, 0.05) is 0 Å². The van der Waals surface area contributed by atoms with Gasteiger partial charge in [-0.2, -0.15) is 0 Å². The lowest BCUT2D eigenvalue weighted by Gasteiger charge is -2.19. The number of carboxylic acids is 1. The van der Waals surface area contributed by atoms with E-state index in [4.69, 9.17) is 9.52 Å². The topological polar surface area (TPSA) is 149 Å². The van der Waals surface area contributed by atoms with E-state index >= 15 is 0 Å². The van der Waals surface area contributed by atoms with Gasteiger partial charge in [0.05, 0.1) is 30.3 Å². The van der Waals surface area contributed by atoms with Crippen LogP contribution in [0, 0.1) is 11.7 Å². The third-order valence-electron chi connectivity index (χ3n) is 4.89. The highest BCUT2D eigenvalue weighted by molar-refractivity contribution is 5.93. The summed E-state index contributed by atoms with van der Waals surface area (Å²) in [7, 11) is 0. The number of amides is 3. The lowest BCUT2D eigenvalue weighted by Crippen LogP contribution is -2.42. The predicted octanol–water partition coefficient (Wildman–Crippen LogP) is 2.63. The van der Waals surface area contributed by atoms with Crippen LogP contribution in [0.5, 0.6) is 0 Å². The zero-order valence-electron chi connectivity index (χ0n) is 18.0. The van der Waals surface area contributed by atoms with Crippen molar-refractivity contribution in [2.75, 3.05) is 13.2 Å². The van der Waals surface area contributed by atoms with Crippen LogP contribution in [0.3, 0.4) is 0 Å². The van der Waals surface area contributed by atoms with Crippen molar-refractivity contribution in [3.05, 3.63) is 47.5 Å². The molecule has 1 heterocycles. The van der Waals surface area contributed by atoms with Gasteiger partial charge in [-0.3, -0.25) is 19.6 Å². The molecule has 11 heteroatoms. The number of unbranched alkanes of at least 4 members (excludes halogenated alkanes) is 2. The van der Waals surface area contributed by atoms with Gasteiger partial charge in [-0.15, -0.1) is 0 Å². The molecule has 1 aromatic carbocycles. The van der Waals surface area contributed by atoms with E-state index < -0.39 is 35.1 Å². The fraction of sp³-hybridized carbons (Fsp3) is 0.364. The van der Waals surface area contributed by atoms with Crippen molar-refractivity contribution in [2.24, 2.45) is 5.92 Å². The van der Waals surface area contributed by atoms with Gasteiger partial charge in [0.15, 0.2) is 5.76 Å². The van der Waals surface area contributed by atoms with Gasteiger partial charge in [0.2, 0.25) is 12.3 Å². The Kier molecular flexibility index (Phi) is 9.55. The van der Waals surface area contributed by atoms with Gasteiger partial charge in [0.25, 0.3) is 5.91 Å². The van der Waals surface area contributed by atoms with Crippen LogP contribution in [0.15, 0.2) is 34.7 Å². The van der Waals surface area contributed by atoms with Crippen LogP contribution in [-0.2, 0) is 9.59 Å². The van der Waals surface area contributed by atoms with E-state index in [0.29, 0.717) is 11.5 Å². The number of nitrogens with zero attached hydrogens (tertiary/aromatic N) is 1. The molecular formula is C22H26FN3O7. The molecule has 0 aliphatic carbocycles. The number of carbonyl (C=O) groups excluding carboxylic acids is 3. The number of carbonyl (C=O) groups is 4. The third kappa shape index (κ3) is 7.14. The molecule has 0 spiro atoms. The van der Waals surface area contributed by atoms with Gasteiger partial charge in [0.1, 0.15) is 11.6 Å². The number of carboxylic acid groups (broad SMARTS) is 1. The van der Waals surface area contributed by atoms with E-state index in [0.717, 1.165) is 25.3 Å². The molecule has 178 valence electrons. The van der Waals surface area contributed by atoms with E-state index in [1.807, 2.05) is 6.92 Å². The molecule has 0 unspecified atom stereocenters. The first kappa shape index (κ1) is 25.5. The molecule has 3 amide bonds. The zero-order chi connectivity index (χ0) is 24.4. The number of aromatic carboxylic acids is 1. The molecular weight excluding hydrogens is 437 g/mol. The number of hydrogen-bond donors (Lipinski definition) is 4. The Hall–Kier alpha value is -3.73. The van der Waals surface area contributed by atoms with Crippen LogP contribution < -0.4 is 10.6 Å². The summed E-state index contributed by atoms with van der Waals surface area (Å²) in [5.41, 5.74) is -0.636. The Morgan fingerprint density at radius 2 is 1.94 bits per heavy atom. The lowest BCUT2D eigenvalue weighted by molar-refractivity contribution is -0.154. The van der Waals surface area contributed by atoms with E-state index in [-0.39, 0.29) is 36.7 Å². The van der Waals surface area contributed by atoms with E-state index in [9.17, 15) is 28.8 Å². The van der Waals surface area contributed by atoms with Crippen molar-refractivity contribution < 1.29 is 38.3 Å². The summed E-state index contributed by atoms with van der Waals surface area (Å²) in [4.78, 5) is 46.4. The van der Waals surface area contributed by atoms with E-state index in [1.165, 1.54) is 24.3 Å².